The first-order chi connectivity index (χ1) is 13.9. The van der Waals surface area contributed by atoms with Crippen LogP contribution in [-0.4, -0.2) is 29.6 Å². The average molecular weight is 401 g/mol. The highest BCUT2D eigenvalue weighted by atomic mass is 19.4. The van der Waals surface area contributed by atoms with Gasteiger partial charge in [0.15, 0.2) is 0 Å². The van der Waals surface area contributed by atoms with E-state index in [9.17, 15) is 18.0 Å². The van der Waals surface area contributed by atoms with Crippen molar-refractivity contribution in [3.63, 3.8) is 0 Å². The van der Waals surface area contributed by atoms with Gasteiger partial charge in [0.2, 0.25) is 0 Å². The van der Waals surface area contributed by atoms with Crippen molar-refractivity contribution in [2.75, 3.05) is 13.1 Å². The van der Waals surface area contributed by atoms with E-state index in [1.165, 1.54) is 29.8 Å². The molecular weight excluding hydrogens is 379 g/mol. The van der Waals surface area contributed by atoms with Crippen molar-refractivity contribution in [1.82, 2.24) is 10.3 Å². The molecule has 0 aromatic heterocycles. The van der Waals surface area contributed by atoms with Crippen LogP contribution in [0, 0.1) is 0 Å². The molecule has 29 heavy (non-hydrogen) atoms. The number of alkyl halides is 3. The minimum absolute atomic E-state index is 0.413. The monoisotopic (exact) mass is 401 g/mol. The molecular formula is C22H22F3N3O. The molecule has 3 rings (SSSR count). The van der Waals surface area contributed by atoms with Gasteiger partial charge in [0, 0.05) is 44.3 Å². The maximum Gasteiger partial charge on any atom is 0.416 e. The third kappa shape index (κ3) is 6.57. The predicted octanol–water partition coefficient (Wildman–Crippen LogP) is 4.49. The molecule has 1 aliphatic heterocycles. The summed E-state index contributed by atoms with van der Waals surface area (Å²) in [5, 5.41) is 4.17. The van der Waals surface area contributed by atoms with Crippen LogP contribution in [0.5, 0.6) is 0 Å². The quantitative estimate of drug-likeness (QED) is 0.593. The van der Waals surface area contributed by atoms with Gasteiger partial charge < -0.3 is 0 Å². The van der Waals surface area contributed by atoms with Gasteiger partial charge in [-0.05, 0) is 29.3 Å². The van der Waals surface area contributed by atoms with Crippen molar-refractivity contribution in [1.29, 1.82) is 0 Å². The van der Waals surface area contributed by atoms with Crippen molar-refractivity contribution in [3.8, 4) is 0 Å². The third-order valence-electron chi connectivity index (χ3n) is 4.67. The number of nitrogens with one attached hydrogen (secondary N) is 1. The Kier molecular flexibility index (Phi) is 6.82. The smallest absolute Gasteiger partial charge is 0.298 e. The normalized spacial score (nSPS) is 15.5. The highest BCUT2D eigenvalue weighted by Crippen LogP contribution is 2.29. The second kappa shape index (κ2) is 9.52. The lowest BCUT2D eigenvalue weighted by molar-refractivity contribution is -0.137. The van der Waals surface area contributed by atoms with E-state index < -0.39 is 17.6 Å². The molecule has 0 atom stereocenters. The Morgan fingerprint density at radius 2 is 1.69 bits per heavy atom. The fourth-order valence-electron chi connectivity index (χ4n) is 3.05. The summed E-state index contributed by atoms with van der Waals surface area (Å²) in [5.41, 5.74) is 4.49. The zero-order valence-corrected chi connectivity index (χ0v) is 15.8. The first kappa shape index (κ1) is 20.8. The molecule has 1 heterocycles. The summed E-state index contributed by atoms with van der Waals surface area (Å²) in [7, 11) is 0. The van der Waals surface area contributed by atoms with Crippen LogP contribution in [0.25, 0.3) is 6.08 Å². The number of carbonyl (C=O) groups is 1. The molecule has 0 aliphatic carbocycles. The van der Waals surface area contributed by atoms with Gasteiger partial charge in [0.25, 0.3) is 5.91 Å². The Balaban J connectivity index is 1.44. The first-order valence-electron chi connectivity index (χ1n) is 9.37. The van der Waals surface area contributed by atoms with Crippen molar-refractivity contribution >= 4 is 17.7 Å². The standard InChI is InChI=1S/C22H22F3N3O/c23-22(24,25)19-9-6-17(7-10-19)8-11-21(29)27-26-20-12-14-28(15-13-20)16-18-4-2-1-3-5-18/h1-11H,12-16H2,(H,27,29)/b11-8+. The molecule has 4 nitrogen and oxygen atoms in total. The van der Waals surface area contributed by atoms with Crippen molar-refractivity contribution < 1.29 is 18.0 Å². The zero-order chi connectivity index (χ0) is 20.7. The molecule has 1 fully saturated rings. The number of rotatable bonds is 5. The Hall–Kier alpha value is -2.93. The third-order valence-corrected chi connectivity index (χ3v) is 4.67. The number of hydrazone groups is 1. The van der Waals surface area contributed by atoms with Gasteiger partial charge in [0.05, 0.1) is 5.56 Å². The maximum absolute atomic E-state index is 12.5. The SMILES string of the molecule is O=C(/C=C/c1ccc(C(F)(F)F)cc1)NN=C1CCN(Cc2ccccc2)CC1. The molecule has 152 valence electrons. The number of likely N-dealkylation sites (tertiary alicyclic amines) is 1. The Labute approximate surface area is 167 Å². The summed E-state index contributed by atoms with van der Waals surface area (Å²) in [5.74, 6) is -0.413. The van der Waals surface area contributed by atoms with Gasteiger partial charge in [0.1, 0.15) is 0 Å². The van der Waals surface area contributed by atoms with Crippen LogP contribution in [0.1, 0.15) is 29.5 Å². The molecule has 1 N–H and O–H groups in total. The fraction of sp³-hybridized carbons (Fsp3) is 0.273. The average Bonchev–Trinajstić information content (AvgIpc) is 2.72. The van der Waals surface area contributed by atoms with Gasteiger partial charge in [-0.1, -0.05) is 42.5 Å². The predicted molar refractivity (Wildman–Crippen MR) is 107 cm³/mol. The Morgan fingerprint density at radius 1 is 1.03 bits per heavy atom. The first-order valence-corrected chi connectivity index (χ1v) is 9.37. The second-order valence-electron chi connectivity index (χ2n) is 6.87. The lowest BCUT2D eigenvalue weighted by Gasteiger charge is -2.27. The van der Waals surface area contributed by atoms with Crippen molar-refractivity contribution in [2.24, 2.45) is 5.10 Å². The van der Waals surface area contributed by atoms with Crippen molar-refractivity contribution in [3.05, 3.63) is 77.4 Å². The highest BCUT2D eigenvalue weighted by Gasteiger charge is 2.29. The number of carbonyl (C=O) groups excluding carboxylic acids is 1. The van der Waals surface area contributed by atoms with Gasteiger partial charge in [-0.15, -0.1) is 0 Å². The van der Waals surface area contributed by atoms with Gasteiger partial charge in [-0.25, -0.2) is 5.43 Å². The summed E-state index contributed by atoms with van der Waals surface area (Å²) < 4.78 is 37.6. The van der Waals surface area contributed by atoms with Gasteiger partial charge in [-0.3, -0.25) is 9.69 Å². The van der Waals surface area contributed by atoms with E-state index in [0.717, 1.165) is 50.3 Å². The molecule has 1 saturated heterocycles. The molecule has 0 unspecified atom stereocenters. The lowest BCUT2D eigenvalue weighted by Crippen LogP contribution is -2.34. The van der Waals surface area contributed by atoms with E-state index in [0.29, 0.717) is 5.56 Å². The fourth-order valence-corrected chi connectivity index (χ4v) is 3.05. The number of hydrogen-bond donors (Lipinski definition) is 1. The number of nitrogens with zero attached hydrogens (tertiary/aromatic N) is 2. The molecule has 1 amide bonds. The van der Waals surface area contributed by atoms with E-state index >= 15 is 0 Å². The van der Waals surface area contributed by atoms with Crippen LogP contribution in [0.4, 0.5) is 13.2 Å². The number of benzene rings is 2. The summed E-state index contributed by atoms with van der Waals surface area (Å²) in [6, 6.07) is 14.9. The minimum atomic E-state index is -4.37. The summed E-state index contributed by atoms with van der Waals surface area (Å²) in [6.45, 7) is 2.66. The number of amides is 1. The minimum Gasteiger partial charge on any atom is -0.298 e. The van der Waals surface area contributed by atoms with E-state index in [1.807, 2.05) is 18.2 Å². The largest absolute Gasteiger partial charge is 0.416 e. The van der Waals surface area contributed by atoms with Gasteiger partial charge in [-0.2, -0.15) is 18.3 Å². The van der Waals surface area contributed by atoms with Crippen LogP contribution >= 0.6 is 0 Å². The molecule has 2 aromatic rings. The molecule has 0 bridgehead atoms. The summed E-state index contributed by atoms with van der Waals surface area (Å²) in [6.07, 6.45) is -0.0762. The topological polar surface area (TPSA) is 44.7 Å². The van der Waals surface area contributed by atoms with Crippen LogP contribution < -0.4 is 5.43 Å². The van der Waals surface area contributed by atoms with E-state index in [2.05, 4.69) is 27.6 Å². The maximum atomic E-state index is 12.5. The van der Waals surface area contributed by atoms with Crippen LogP contribution in [-0.2, 0) is 17.5 Å². The molecule has 0 radical (unpaired) electrons. The lowest BCUT2D eigenvalue weighted by atomic mass is 10.1. The van der Waals surface area contributed by atoms with Crippen molar-refractivity contribution in [2.45, 2.75) is 25.6 Å². The highest BCUT2D eigenvalue weighted by molar-refractivity contribution is 5.93. The van der Waals surface area contributed by atoms with E-state index in [1.54, 1.807) is 0 Å². The number of hydrogen-bond acceptors (Lipinski definition) is 3. The Bertz CT molecular complexity index is 864. The second-order valence-corrected chi connectivity index (χ2v) is 6.87. The molecule has 1 aliphatic rings. The summed E-state index contributed by atoms with van der Waals surface area (Å²) in [4.78, 5) is 14.2. The van der Waals surface area contributed by atoms with E-state index in [4.69, 9.17) is 0 Å². The van der Waals surface area contributed by atoms with Crippen LogP contribution in [0.3, 0.4) is 0 Å². The molecule has 0 spiro atoms. The molecule has 2 aromatic carbocycles. The number of halogens is 3. The molecule has 0 saturated carbocycles. The van der Waals surface area contributed by atoms with Crippen LogP contribution in [0.15, 0.2) is 65.8 Å². The summed E-state index contributed by atoms with van der Waals surface area (Å²) >= 11 is 0. The zero-order valence-electron chi connectivity index (χ0n) is 15.8. The molecule has 7 heteroatoms. The van der Waals surface area contributed by atoms with E-state index in [-0.39, 0.29) is 0 Å². The van der Waals surface area contributed by atoms with Gasteiger partial charge >= 0.3 is 6.18 Å². The Morgan fingerprint density at radius 3 is 2.31 bits per heavy atom. The van der Waals surface area contributed by atoms with Crippen LogP contribution in [0.2, 0.25) is 0 Å². The number of piperidine rings is 1.